The lowest BCUT2D eigenvalue weighted by molar-refractivity contribution is 0.355. The van der Waals surface area contributed by atoms with Crippen molar-refractivity contribution < 1.29 is 13.9 Å². The molecule has 0 spiro atoms. The maximum absolute atomic E-state index is 13.6. The van der Waals surface area contributed by atoms with Crippen molar-refractivity contribution in [2.45, 2.75) is 18.4 Å². The fourth-order valence-electron chi connectivity index (χ4n) is 2.70. The van der Waals surface area contributed by atoms with Gasteiger partial charge in [0.15, 0.2) is 17.5 Å². The molecule has 0 bridgehead atoms. The fourth-order valence-corrected chi connectivity index (χ4v) is 2.82. The highest BCUT2D eigenvalue weighted by molar-refractivity contribution is 14.0. The number of anilines is 1. The molecular formula is C18H20ClFIN3O2. The Bertz CT molecular complexity index is 819. The van der Waals surface area contributed by atoms with E-state index in [1.807, 2.05) is 12.1 Å². The molecule has 0 heterocycles. The van der Waals surface area contributed by atoms with Crippen molar-refractivity contribution in [3.63, 3.8) is 0 Å². The van der Waals surface area contributed by atoms with Crippen molar-refractivity contribution in [2.24, 2.45) is 10.7 Å². The minimum atomic E-state index is -0.412. The highest BCUT2D eigenvalue weighted by Crippen LogP contribution is 2.44. The van der Waals surface area contributed by atoms with E-state index >= 15 is 0 Å². The van der Waals surface area contributed by atoms with Gasteiger partial charge in [-0.3, -0.25) is 0 Å². The van der Waals surface area contributed by atoms with Gasteiger partial charge >= 0.3 is 0 Å². The van der Waals surface area contributed by atoms with Crippen molar-refractivity contribution in [1.82, 2.24) is 0 Å². The summed E-state index contributed by atoms with van der Waals surface area (Å²) in [6.07, 6.45) is 0.829. The number of aliphatic imine (C=N–C) groups is 1. The Kier molecular flexibility index (Phi) is 6.94. The molecule has 0 radical (unpaired) electrons. The van der Waals surface area contributed by atoms with E-state index in [1.165, 1.54) is 6.07 Å². The summed E-state index contributed by atoms with van der Waals surface area (Å²) in [5, 5.41) is 3.15. The summed E-state index contributed by atoms with van der Waals surface area (Å²) in [7, 11) is 3.15. The first-order chi connectivity index (χ1) is 12.0. The molecule has 2 aromatic rings. The van der Waals surface area contributed by atoms with Gasteiger partial charge in [-0.05, 0) is 36.2 Å². The quantitative estimate of drug-likeness (QED) is 0.370. The molecule has 8 heteroatoms. The molecular weight excluding hydrogens is 472 g/mol. The van der Waals surface area contributed by atoms with E-state index in [9.17, 15) is 4.39 Å². The van der Waals surface area contributed by atoms with Crippen LogP contribution in [0.25, 0.3) is 0 Å². The molecule has 5 nitrogen and oxygen atoms in total. The molecule has 0 unspecified atom stereocenters. The molecule has 2 aromatic carbocycles. The summed E-state index contributed by atoms with van der Waals surface area (Å²) in [6.45, 7) is 0. The lowest BCUT2D eigenvalue weighted by Gasteiger charge is -2.11. The Morgan fingerprint density at radius 2 is 1.92 bits per heavy atom. The first kappa shape index (κ1) is 20.6. The molecule has 3 rings (SSSR count). The number of benzene rings is 2. The molecule has 0 aliphatic heterocycles. The second-order valence-corrected chi connectivity index (χ2v) is 6.20. The third-order valence-electron chi connectivity index (χ3n) is 4.09. The second kappa shape index (κ2) is 8.77. The zero-order chi connectivity index (χ0) is 18.0. The van der Waals surface area contributed by atoms with E-state index in [2.05, 4.69) is 10.3 Å². The molecule has 26 heavy (non-hydrogen) atoms. The third-order valence-corrected chi connectivity index (χ3v) is 4.40. The Morgan fingerprint density at radius 1 is 1.19 bits per heavy atom. The molecule has 1 aliphatic carbocycles. The first-order valence-electron chi connectivity index (χ1n) is 7.79. The van der Waals surface area contributed by atoms with E-state index < -0.39 is 5.82 Å². The van der Waals surface area contributed by atoms with E-state index in [0.29, 0.717) is 17.5 Å². The van der Waals surface area contributed by atoms with Gasteiger partial charge in [0.1, 0.15) is 5.82 Å². The van der Waals surface area contributed by atoms with Gasteiger partial charge in [-0.2, -0.15) is 0 Å². The van der Waals surface area contributed by atoms with Crippen LogP contribution in [0.1, 0.15) is 17.9 Å². The Balaban J connectivity index is 0.00000243. The number of hydrogen-bond acceptors (Lipinski definition) is 3. The number of hydrogen-bond donors (Lipinski definition) is 2. The van der Waals surface area contributed by atoms with Crippen molar-refractivity contribution in [2.75, 3.05) is 19.5 Å². The minimum Gasteiger partial charge on any atom is -0.493 e. The Morgan fingerprint density at radius 3 is 2.58 bits per heavy atom. The van der Waals surface area contributed by atoms with Gasteiger partial charge in [0.05, 0.1) is 25.3 Å². The molecule has 3 N–H and O–H groups in total. The number of nitrogens with two attached hydrogens (primary N) is 1. The van der Waals surface area contributed by atoms with Gasteiger partial charge in [0, 0.05) is 17.7 Å². The maximum Gasteiger partial charge on any atom is 0.193 e. The number of ether oxygens (including phenoxy) is 2. The van der Waals surface area contributed by atoms with Crippen LogP contribution in [-0.4, -0.2) is 26.2 Å². The van der Waals surface area contributed by atoms with Crippen LogP contribution in [-0.2, 0) is 0 Å². The van der Waals surface area contributed by atoms with Crippen LogP contribution < -0.4 is 20.5 Å². The zero-order valence-electron chi connectivity index (χ0n) is 14.3. The number of guanidine groups is 1. The van der Waals surface area contributed by atoms with Gasteiger partial charge in [-0.1, -0.05) is 17.7 Å². The van der Waals surface area contributed by atoms with Gasteiger partial charge in [-0.25, -0.2) is 9.38 Å². The second-order valence-electron chi connectivity index (χ2n) is 5.79. The number of nitrogens with zero attached hydrogens (tertiary/aromatic N) is 1. The van der Waals surface area contributed by atoms with Crippen molar-refractivity contribution >= 4 is 47.2 Å². The van der Waals surface area contributed by atoms with Crippen molar-refractivity contribution in [3.8, 4) is 11.5 Å². The van der Waals surface area contributed by atoms with Gasteiger partial charge in [-0.15, -0.1) is 24.0 Å². The molecule has 1 fully saturated rings. The number of nitrogens with one attached hydrogen (secondary N) is 1. The Labute approximate surface area is 173 Å². The zero-order valence-corrected chi connectivity index (χ0v) is 17.4. The predicted octanol–water partition coefficient (Wildman–Crippen LogP) is 4.40. The molecule has 0 aromatic heterocycles. The molecule has 1 saturated carbocycles. The van der Waals surface area contributed by atoms with Crippen LogP contribution >= 0.6 is 35.6 Å². The SMILES string of the molecule is COc1ccc(NC(N)=N[C@@H]2C[C@H]2c2ccc(Cl)c(F)c2)cc1OC.I. The minimum absolute atomic E-state index is 0. The normalized spacial score (nSPS) is 18.7. The van der Waals surface area contributed by atoms with E-state index in [-0.39, 0.29) is 41.0 Å². The smallest absolute Gasteiger partial charge is 0.193 e. The topological polar surface area (TPSA) is 68.9 Å². The highest BCUT2D eigenvalue weighted by Gasteiger charge is 2.38. The van der Waals surface area contributed by atoms with E-state index in [0.717, 1.165) is 17.7 Å². The van der Waals surface area contributed by atoms with E-state index in [1.54, 1.807) is 32.4 Å². The fraction of sp³-hybridized carbons (Fsp3) is 0.278. The summed E-state index contributed by atoms with van der Waals surface area (Å²) in [5.74, 6) is 1.29. The molecule has 2 atom stereocenters. The van der Waals surface area contributed by atoms with Crippen LogP contribution in [0.15, 0.2) is 41.4 Å². The number of rotatable bonds is 5. The van der Waals surface area contributed by atoms with Crippen LogP contribution in [0.4, 0.5) is 10.1 Å². The largest absolute Gasteiger partial charge is 0.493 e. The average molecular weight is 492 g/mol. The molecule has 1 aliphatic rings. The summed E-state index contributed by atoms with van der Waals surface area (Å²) in [6, 6.07) is 10.3. The number of methoxy groups -OCH3 is 2. The Hall–Kier alpha value is -1.74. The van der Waals surface area contributed by atoms with Crippen molar-refractivity contribution in [3.05, 3.63) is 52.8 Å². The summed E-state index contributed by atoms with van der Waals surface area (Å²) in [4.78, 5) is 4.45. The van der Waals surface area contributed by atoms with Crippen LogP contribution in [0.5, 0.6) is 11.5 Å². The highest BCUT2D eigenvalue weighted by atomic mass is 127. The third kappa shape index (κ3) is 4.70. The number of halogens is 3. The van der Waals surface area contributed by atoms with E-state index in [4.69, 9.17) is 26.8 Å². The standard InChI is InChI=1S/C18H19ClFN3O2.HI/c1-24-16-6-4-11(8-17(16)25-2)22-18(21)23-15-9-12(15)10-3-5-13(19)14(20)7-10;/h3-8,12,15H,9H2,1-2H3,(H3,21,22,23);1H/t12-,15+;/m0./s1. The van der Waals surface area contributed by atoms with Crippen molar-refractivity contribution in [1.29, 1.82) is 0 Å². The van der Waals surface area contributed by atoms with Gasteiger partial charge in [0.2, 0.25) is 0 Å². The van der Waals surface area contributed by atoms with Gasteiger partial charge in [0.25, 0.3) is 0 Å². The lowest BCUT2D eigenvalue weighted by Crippen LogP contribution is -2.23. The van der Waals surface area contributed by atoms with Crippen LogP contribution in [0, 0.1) is 5.82 Å². The predicted molar refractivity (Wildman–Crippen MR) is 113 cm³/mol. The monoisotopic (exact) mass is 491 g/mol. The van der Waals surface area contributed by atoms with Crippen LogP contribution in [0.3, 0.4) is 0 Å². The first-order valence-corrected chi connectivity index (χ1v) is 8.17. The summed E-state index contributed by atoms with van der Waals surface area (Å²) in [5.41, 5.74) is 7.60. The summed E-state index contributed by atoms with van der Waals surface area (Å²) >= 11 is 5.71. The molecule has 140 valence electrons. The lowest BCUT2D eigenvalue weighted by atomic mass is 10.1. The van der Waals surface area contributed by atoms with Crippen LogP contribution in [0.2, 0.25) is 5.02 Å². The average Bonchev–Trinajstić information content (AvgIpc) is 3.36. The maximum atomic E-state index is 13.6. The molecule has 0 saturated heterocycles. The van der Waals surface area contributed by atoms with Gasteiger partial charge < -0.3 is 20.5 Å². The molecule has 0 amide bonds. The summed E-state index contributed by atoms with van der Waals surface area (Å²) < 4.78 is 24.0.